The minimum atomic E-state index is 0.804. The van der Waals surface area contributed by atoms with Crippen LogP contribution in [-0.2, 0) is 6.42 Å². The number of alkyl halides is 1. The zero-order valence-corrected chi connectivity index (χ0v) is 9.32. The maximum absolute atomic E-state index is 6.09. The van der Waals surface area contributed by atoms with Gasteiger partial charge in [-0.1, -0.05) is 27.5 Å². The SMILES string of the molecule is Clc1cc(CCBr)cc2cc[nH]c12. The first-order valence-electron chi connectivity index (χ1n) is 4.13. The molecule has 0 aliphatic heterocycles. The lowest BCUT2D eigenvalue weighted by Crippen LogP contribution is -1.85. The lowest BCUT2D eigenvalue weighted by atomic mass is 10.1. The number of fused-ring (bicyclic) bond motifs is 1. The van der Waals surface area contributed by atoms with Gasteiger partial charge in [0.1, 0.15) is 0 Å². The summed E-state index contributed by atoms with van der Waals surface area (Å²) in [5.41, 5.74) is 2.30. The minimum Gasteiger partial charge on any atom is -0.360 e. The van der Waals surface area contributed by atoms with Crippen molar-refractivity contribution in [3.63, 3.8) is 0 Å². The van der Waals surface area contributed by atoms with Gasteiger partial charge in [-0.25, -0.2) is 0 Å². The smallest absolute Gasteiger partial charge is 0.0649 e. The van der Waals surface area contributed by atoms with Crippen LogP contribution in [0.2, 0.25) is 5.02 Å². The van der Waals surface area contributed by atoms with E-state index in [1.807, 2.05) is 18.3 Å². The molecular weight excluding hydrogens is 249 g/mol. The first kappa shape index (κ1) is 9.10. The Labute approximate surface area is 90.2 Å². The fraction of sp³-hybridized carbons (Fsp3) is 0.200. The molecule has 0 spiro atoms. The molecular formula is C10H9BrClN. The highest BCUT2D eigenvalue weighted by Gasteiger charge is 2.02. The van der Waals surface area contributed by atoms with Crippen LogP contribution < -0.4 is 0 Å². The first-order chi connectivity index (χ1) is 6.31. The fourth-order valence-electron chi connectivity index (χ4n) is 1.44. The Hall–Kier alpha value is -0.470. The Morgan fingerprint density at radius 3 is 3.00 bits per heavy atom. The van der Waals surface area contributed by atoms with Crippen LogP contribution in [0.15, 0.2) is 24.4 Å². The number of hydrogen-bond donors (Lipinski definition) is 1. The van der Waals surface area contributed by atoms with Gasteiger partial charge in [0.2, 0.25) is 0 Å². The molecule has 0 fully saturated rings. The van der Waals surface area contributed by atoms with Crippen LogP contribution in [0.4, 0.5) is 0 Å². The van der Waals surface area contributed by atoms with Crippen molar-refractivity contribution >= 4 is 38.4 Å². The number of halogens is 2. The molecule has 1 aromatic heterocycles. The number of nitrogens with one attached hydrogen (secondary N) is 1. The summed E-state index contributed by atoms with van der Waals surface area (Å²) in [6.07, 6.45) is 2.93. The summed E-state index contributed by atoms with van der Waals surface area (Å²) in [5.74, 6) is 0. The van der Waals surface area contributed by atoms with Gasteiger partial charge in [-0.2, -0.15) is 0 Å². The molecule has 0 amide bonds. The quantitative estimate of drug-likeness (QED) is 0.790. The van der Waals surface area contributed by atoms with Crippen molar-refractivity contribution < 1.29 is 0 Å². The van der Waals surface area contributed by atoms with Crippen molar-refractivity contribution in [2.24, 2.45) is 0 Å². The Morgan fingerprint density at radius 2 is 2.23 bits per heavy atom. The minimum absolute atomic E-state index is 0.804. The summed E-state index contributed by atoms with van der Waals surface area (Å²) < 4.78 is 0. The molecule has 0 atom stereocenters. The lowest BCUT2D eigenvalue weighted by molar-refractivity contribution is 1.18. The average molecular weight is 259 g/mol. The van der Waals surface area contributed by atoms with Gasteiger partial charge in [0, 0.05) is 16.9 Å². The van der Waals surface area contributed by atoms with E-state index < -0.39 is 0 Å². The molecule has 1 N–H and O–H groups in total. The van der Waals surface area contributed by atoms with Gasteiger partial charge >= 0.3 is 0 Å². The molecule has 2 aromatic rings. The molecule has 0 saturated heterocycles. The van der Waals surface area contributed by atoms with Crippen molar-refractivity contribution in [2.75, 3.05) is 5.33 Å². The summed E-state index contributed by atoms with van der Waals surface area (Å²) >= 11 is 9.51. The van der Waals surface area contributed by atoms with Crippen molar-refractivity contribution in [3.05, 3.63) is 35.0 Å². The summed E-state index contributed by atoms with van der Waals surface area (Å²) in [7, 11) is 0. The molecule has 0 aliphatic rings. The van der Waals surface area contributed by atoms with Gasteiger partial charge in [0.15, 0.2) is 0 Å². The normalized spacial score (nSPS) is 10.9. The summed E-state index contributed by atoms with van der Waals surface area (Å²) in [4.78, 5) is 3.11. The largest absolute Gasteiger partial charge is 0.360 e. The summed E-state index contributed by atoms with van der Waals surface area (Å²) in [6.45, 7) is 0. The van der Waals surface area contributed by atoms with Crippen LogP contribution in [0.5, 0.6) is 0 Å². The molecule has 2 rings (SSSR count). The van der Waals surface area contributed by atoms with E-state index in [1.165, 1.54) is 10.9 Å². The molecule has 1 aromatic carbocycles. The van der Waals surface area contributed by atoms with Crippen molar-refractivity contribution in [1.29, 1.82) is 0 Å². The Morgan fingerprint density at radius 1 is 1.38 bits per heavy atom. The van der Waals surface area contributed by atoms with Gasteiger partial charge in [-0.05, 0) is 30.2 Å². The van der Waals surface area contributed by atoms with Crippen LogP contribution in [0, 0.1) is 0 Å². The number of H-pyrrole nitrogens is 1. The topological polar surface area (TPSA) is 15.8 Å². The van der Waals surface area contributed by atoms with Crippen LogP contribution in [0.3, 0.4) is 0 Å². The van der Waals surface area contributed by atoms with Crippen molar-refractivity contribution in [1.82, 2.24) is 4.98 Å². The predicted octanol–water partition coefficient (Wildman–Crippen LogP) is 3.76. The van der Waals surface area contributed by atoms with Gasteiger partial charge in [0.05, 0.1) is 10.5 Å². The van der Waals surface area contributed by atoms with Gasteiger partial charge in [-0.15, -0.1) is 0 Å². The predicted molar refractivity (Wildman–Crippen MR) is 60.8 cm³/mol. The monoisotopic (exact) mass is 257 g/mol. The lowest BCUT2D eigenvalue weighted by Gasteiger charge is -2.00. The second kappa shape index (κ2) is 3.72. The third-order valence-corrected chi connectivity index (χ3v) is 2.75. The molecule has 0 bridgehead atoms. The Bertz CT molecular complexity index is 422. The highest BCUT2D eigenvalue weighted by atomic mass is 79.9. The highest BCUT2D eigenvalue weighted by molar-refractivity contribution is 9.09. The molecule has 0 saturated carbocycles. The Kier molecular flexibility index (Phi) is 2.61. The second-order valence-electron chi connectivity index (χ2n) is 2.96. The van der Waals surface area contributed by atoms with E-state index in [-0.39, 0.29) is 0 Å². The van der Waals surface area contributed by atoms with Crippen LogP contribution in [0.1, 0.15) is 5.56 Å². The molecule has 0 aliphatic carbocycles. The molecule has 3 heteroatoms. The molecule has 1 heterocycles. The van der Waals surface area contributed by atoms with Crippen molar-refractivity contribution in [3.8, 4) is 0 Å². The van der Waals surface area contributed by atoms with Crippen LogP contribution in [0.25, 0.3) is 10.9 Å². The van der Waals surface area contributed by atoms with Crippen molar-refractivity contribution in [2.45, 2.75) is 6.42 Å². The van der Waals surface area contributed by atoms with E-state index >= 15 is 0 Å². The molecule has 13 heavy (non-hydrogen) atoms. The standard InChI is InChI=1S/C10H9BrClN/c11-3-1-7-5-8-2-4-13-10(8)9(12)6-7/h2,4-6,13H,1,3H2. The molecule has 0 radical (unpaired) electrons. The van der Waals surface area contributed by atoms with E-state index in [9.17, 15) is 0 Å². The maximum Gasteiger partial charge on any atom is 0.0649 e. The zero-order valence-electron chi connectivity index (χ0n) is 6.98. The summed E-state index contributed by atoms with van der Waals surface area (Å²) in [5, 5.41) is 2.96. The van der Waals surface area contributed by atoms with Gasteiger partial charge in [-0.3, -0.25) is 0 Å². The molecule has 0 unspecified atom stereocenters. The van der Waals surface area contributed by atoms with E-state index in [0.717, 1.165) is 22.3 Å². The van der Waals surface area contributed by atoms with E-state index in [2.05, 4.69) is 27.0 Å². The van der Waals surface area contributed by atoms with E-state index in [4.69, 9.17) is 11.6 Å². The summed E-state index contributed by atoms with van der Waals surface area (Å²) in [6, 6.07) is 6.22. The number of rotatable bonds is 2. The van der Waals surface area contributed by atoms with Crippen LogP contribution >= 0.6 is 27.5 Å². The van der Waals surface area contributed by atoms with Gasteiger partial charge < -0.3 is 4.98 Å². The number of aromatic amines is 1. The van der Waals surface area contributed by atoms with E-state index in [1.54, 1.807) is 0 Å². The number of aromatic nitrogens is 1. The molecule has 68 valence electrons. The number of aryl methyl sites for hydroxylation is 1. The van der Waals surface area contributed by atoms with E-state index in [0.29, 0.717) is 0 Å². The fourth-order valence-corrected chi connectivity index (χ4v) is 2.20. The van der Waals surface area contributed by atoms with Crippen LogP contribution in [-0.4, -0.2) is 10.3 Å². The highest BCUT2D eigenvalue weighted by Crippen LogP contribution is 2.24. The second-order valence-corrected chi connectivity index (χ2v) is 4.16. The third kappa shape index (κ3) is 1.74. The number of benzene rings is 1. The maximum atomic E-state index is 6.09. The third-order valence-electron chi connectivity index (χ3n) is 2.05. The number of hydrogen-bond acceptors (Lipinski definition) is 0. The average Bonchev–Trinajstić information content (AvgIpc) is 2.53. The zero-order chi connectivity index (χ0) is 9.26. The van der Waals surface area contributed by atoms with Gasteiger partial charge in [0.25, 0.3) is 0 Å². The first-order valence-corrected chi connectivity index (χ1v) is 5.62. The Balaban J connectivity index is 2.56. The molecule has 1 nitrogen and oxygen atoms in total.